The van der Waals surface area contributed by atoms with Crippen molar-refractivity contribution in [2.75, 3.05) is 0 Å². The van der Waals surface area contributed by atoms with Crippen LogP contribution in [0.3, 0.4) is 0 Å². The van der Waals surface area contributed by atoms with Crippen LogP contribution in [0.25, 0.3) is 10.9 Å². The predicted molar refractivity (Wildman–Crippen MR) is 63.1 cm³/mol. The topological polar surface area (TPSA) is 70.2 Å². The van der Waals surface area contributed by atoms with Gasteiger partial charge in [0.25, 0.3) is 5.56 Å². The molecule has 0 radical (unpaired) electrons. The van der Waals surface area contributed by atoms with Crippen LogP contribution in [-0.4, -0.2) is 16.1 Å². The summed E-state index contributed by atoms with van der Waals surface area (Å²) >= 11 is 0. The van der Waals surface area contributed by atoms with E-state index in [9.17, 15) is 9.59 Å². The van der Waals surface area contributed by atoms with Crippen molar-refractivity contribution in [1.82, 2.24) is 4.98 Å². The Morgan fingerprint density at radius 3 is 2.82 bits per heavy atom. The molecule has 0 aliphatic heterocycles. The summed E-state index contributed by atoms with van der Waals surface area (Å²) < 4.78 is 0. The first kappa shape index (κ1) is 10.1. The van der Waals surface area contributed by atoms with Crippen LogP contribution in [0.2, 0.25) is 0 Å². The van der Waals surface area contributed by atoms with E-state index in [1.165, 1.54) is 0 Å². The van der Waals surface area contributed by atoms with Crippen molar-refractivity contribution >= 4 is 16.9 Å². The molecule has 1 fully saturated rings. The molecule has 4 nitrogen and oxygen atoms in total. The van der Waals surface area contributed by atoms with Gasteiger partial charge in [-0.3, -0.25) is 9.59 Å². The van der Waals surface area contributed by atoms with Gasteiger partial charge in [-0.1, -0.05) is 18.2 Å². The first-order valence-electron chi connectivity index (χ1n) is 5.51. The Balaban J connectivity index is 2.09. The van der Waals surface area contributed by atoms with Gasteiger partial charge in [0.1, 0.15) is 0 Å². The second kappa shape index (κ2) is 3.45. The van der Waals surface area contributed by atoms with Crippen molar-refractivity contribution in [2.24, 2.45) is 5.92 Å². The van der Waals surface area contributed by atoms with Crippen LogP contribution in [0.1, 0.15) is 17.9 Å². The summed E-state index contributed by atoms with van der Waals surface area (Å²) in [5.74, 6) is -1.33. The number of nitrogens with one attached hydrogen (secondary N) is 1. The van der Waals surface area contributed by atoms with E-state index in [1.54, 1.807) is 0 Å². The third-order valence-corrected chi connectivity index (χ3v) is 3.29. The van der Waals surface area contributed by atoms with Gasteiger partial charge >= 0.3 is 5.97 Å². The summed E-state index contributed by atoms with van der Waals surface area (Å²) in [5.41, 5.74) is 1.21. The Kier molecular flexibility index (Phi) is 2.04. The number of H-pyrrole nitrogens is 1. The Bertz CT molecular complexity index is 659. The molecule has 1 aliphatic carbocycles. The number of pyridine rings is 1. The van der Waals surface area contributed by atoms with Gasteiger partial charge in [-0.25, -0.2) is 0 Å². The SMILES string of the molecule is O=C(O)C1CC1c1cc2ccccc2[nH]c1=O. The number of aromatic nitrogens is 1. The molecule has 0 saturated heterocycles. The molecule has 2 aromatic rings. The molecular weight excluding hydrogens is 218 g/mol. The highest BCUT2D eigenvalue weighted by Gasteiger charge is 2.45. The Hall–Kier alpha value is -2.10. The zero-order valence-electron chi connectivity index (χ0n) is 9.01. The molecule has 1 saturated carbocycles. The Morgan fingerprint density at radius 2 is 2.12 bits per heavy atom. The molecule has 0 bridgehead atoms. The van der Waals surface area contributed by atoms with Crippen LogP contribution in [0.15, 0.2) is 35.1 Å². The highest BCUT2D eigenvalue weighted by molar-refractivity contribution is 5.80. The lowest BCUT2D eigenvalue weighted by Gasteiger charge is -2.01. The van der Waals surface area contributed by atoms with Crippen molar-refractivity contribution in [1.29, 1.82) is 0 Å². The molecule has 2 unspecified atom stereocenters. The van der Waals surface area contributed by atoms with Gasteiger partial charge in [0.2, 0.25) is 0 Å². The van der Waals surface area contributed by atoms with Crippen LogP contribution in [0, 0.1) is 5.92 Å². The van der Waals surface area contributed by atoms with Gasteiger partial charge in [-0.05, 0) is 23.9 Å². The largest absolute Gasteiger partial charge is 0.481 e. The van der Waals surface area contributed by atoms with Gasteiger partial charge in [0.15, 0.2) is 0 Å². The number of aliphatic carboxylic acids is 1. The standard InChI is InChI=1S/C13H11NO3/c15-12-9(8-6-10(8)13(16)17)5-7-3-1-2-4-11(7)14-12/h1-5,8,10H,6H2,(H,14,15)(H,16,17). The molecule has 2 N–H and O–H groups in total. The summed E-state index contributed by atoms with van der Waals surface area (Å²) in [7, 11) is 0. The minimum Gasteiger partial charge on any atom is -0.481 e. The Labute approximate surface area is 96.9 Å². The molecule has 1 aromatic carbocycles. The first-order valence-corrected chi connectivity index (χ1v) is 5.51. The highest BCUT2D eigenvalue weighted by Crippen LogP contribution is 2.46. The average molecular weight is 229 g/mol. The van der Waals surface area contributed by atoms with Gasteiger partial charge in [0, 0.05) is 17.0 Å². The van der Waals surface area contributed by atoms with Crippen molar-refractivity contribution < 1.29 is 9.90 Å². The van der Waals surface area contributed by atoms with E-state index >= 15 is 0 Å². The molecule has 0 amide bonds. The number of carboxylic acid groups (broad SMARTS) is 1. The number of hydrogen-bond donors (Lipinski definition) is 2. The zero-order chi connectivity index (χ0) is 12.0. The van der Waals surface area contributed by atoms with Crippen molar-refractivity contribution in [3.63, 3.8) is 0 Å². The van der Waals surface area contributed by atoms with Crippen LogP contribution < -0.4 is 5.56 Å². The molecule has 1 aromatic heterocycles. The molecule has 3 rings (SSSR count). The van der Waals surface area contributed by atoms with Crippen LogP contribution in [0.4, 0.5) is 0 Å². The van der Waals surface area contributed by atoms with E-state index in [-0.39, 0.29) is 11.5 Å². The number of aromatic amines is 1. The van der Waals surface area contributed by atoms with Gasteiger partial charge in [0.05, 0.1) is 5.92 Å². The highest BCUT2D eigenvalue weighted by atomic mass is 16.4. The monoisotopic (exact) mass is 229 g/mol. The van der Waals surface area contributed by atoms with Crippen LogP contribution in [0.5, 0.6) is 0 Å². The molecule has 2 atom stereocenters. The summed E-state index contributed by atoms with van der Waals surface area (Å²) in [4.78, 5) is 25.4. The van der Waals surface area contributed by atoms with E-state index in [2.05, 4.69) is 4.98 Å². The third-order valence-electron chi connectivity index (χ3n) is 3.29. The molecule has 0 spiro atoms. The lowest BCUT2D eigenvalue weighted by atomic mass is 10.1. The fourth-order valence-corrected chi connectivity index (χ4v) is 2.25. The third kappa shape index (κ3) is 1.62. The summed E-state index contributed by atoms with van der Waals surface area (Å²) in [6, 6.07) is 9.30. The predicted octanol–water partition coefficient (Wildman–Crippen LogP) is 1.72. The number of carbonyl (C=O) groups is 1. The van der Waals surface area contributed by atoms with E-state index in [1.807, 2.05) is 30.3 Å². The number of rotatable bonds is 2. The lowest BCUT2D eigenvalue weighted by Crippen LogP contribution is -2.13. The van der Waals surface area contributed by atoms with E-state index in [0.717, 1.165) is 10.9 Å². The van der Waals surface area contributed by atoms with E-state index in [0.29, 0.717) is 12.0 Å². The number of hydrogen-bond acceptors (Lipinski definition) is 2. The van der Waals surface area contributed by atoms with E-state index in [4.69, 9.17) is 5.11 Å². The minimum absolute atomic E-state index is 0.124. The molecule has 4 heteroatoms. The minimum atomic E-state index is -0.817. The Morgan fingerprint density at radius 1 is 1.35 bits per heavy atom. The van der Waals surface area contributed by atoms with E-state index < -0.39 is 11.9 Å². The van der Waals surface area contributed by atoms with Crippen LogP contribution in [-0.2, 0) is 4.79 Å². The molecule has 1 aliphatic rings. The molecule has 86 valence electrons. The fourth-order valence-electron chi connectivity index (χ4n) is 2.25. The maximum atomic E-state index is 11.8. The summed E-state index contributed by atoms with van der Waals surface area (Å²) in [6.45, 7) is 0. The smallest absolute Gasteiger partial charge is 0.307 e. The number of para-hydroxylation sites is 1. The first-order chi connectivity index (χ1) is 8.16. The molecule has 17 heavy (non-hydrogen) atoms. The average Bonchev–Trinajstić information content (AvgIpc) is 3.08. The second-order valence-corrected chi connectivity index (χ2v) is 4.43. The van der Waals surface area contributed by atoms with Crippen molar-refractivity contribution in [2.45, 2.75) is 12.3 Å². The number of fused-ring (bicyclic) bond motifs is 1. The molecule has 1 heterocycles. The van der Waals surface area contributed by atoms with Crippen LogP contribution >= 0.6 is 0 Å². The van der Waals surface area contributed by atoms with Gasteiger partial charge < -0.3 is 10.1 Å². The number of carboxylic acids is 1. The maximum absolute atomic E-state index is 11.8. The normalized spacial score (nSPS) is 22.6. The second-order valence-electron chi connectivity index (χ2n) is 4.43. The van der Waals surface area contributed by atoms with Crippen molar-refractivity contribution in [3.8, 4) is 0 Å². The fraction of sp³-hybridized carbons (Fsp3) is 0.231. The summed E-state index contributed by atoms with van der Waals surface area (Å²) in [5, 5.41) is 9.82. The zero-order valence-corrected chi connectivity index (χ0v) is 9.01. The molecular formula is C13H11NO3. The van der Waals surface area contributed by atoms with Crippen molar-refractivity contribution in [3.05, 3.63) is 46.2 Å². The van der Waals surface area contributed by atoms with Gasteiger partial charge in [-0.15, -0.1) is 0 Å². The van der Waals surface area contributed by atoms with Gasteiger partial charge in [-0.2, -0.15) is 0 Å². The lowest BCUT2D eigenvalue weighted by molar-refractivity contribution is -0.138. The quantitative estimate of drug-likeness (QED) is 0.823. The summed E-state index contributed by atoms with van der Waals surface area (Å²) in [6.07, 6.45) is 0.566. The number of benzene rings is 1. The maximum Gasteiger partial charge on any atom is 0.307 e.